The number of pyridine rings is 1. The molecule has 6 bridgehead atoms. The Morgan fingerprint density at radius 1 is 1.29 bits per heavy atom. The number of fused-ring (bicyclic) bond motifs is 6. The Labute approximate surface area is 307 Å². The Morgan fingerprint density at radius 3 is 2.87 bits per heavy atom. The molecule has 13 heteroatoms. The Balaban J connectivity index is 1.35. The first-order chi connectivity index (χ1) is 25.0. The molecule has 1 aromatic carbocycles. The van der Waals surface area contributed by atoms with Gasteiger partial charge in [-0.25, -0.2) is 10.4 Å². The van der Waals surface area contributed by atoms with Crippen molar-refractivity contribution in [3.63, 3.8) is 0 Å². The number of hydrogen-bond donors (Lipinski definition) is 2. The van der Waals surface area contributed by atoms with Crippen molar-refractivity contribution in [3.8, 4) is 28.6 Å². The molecule has 52 heavy (non-hydrogen) atoms. The van der Waals surface area contributed by atoms with Crippen LogP contribution in [0.2, 0.25) is 0 Å². The van der Waals surface area contributed by atoms with Gasteiger partial charge >= 0.3 is 5.97 Å². The number of aromatic nitrogens is 3. The van der Waals surface area contributed by atoms with Crippen molar-refractivity contribution >= 4 is 40.0 Å². The minimum absolute atomic E-state index is 0.167. The molecule has 272 valence electrons. The van der Waals surface area contributed by atoms with E-state index in [1.807, 2.05) is 18.4 Å². The zero-order chi connectivity index (χ0) is 36.7. The van der Waals surface area contributed by atoms with Gasteiger partial charge in [-0.3, -0.25) is 24.4 Å². The van der Waals surface area contributed by atoms with Crippen LogP contribution in [0.5, 0.6) is 0 Å². The van der Waals surface area contributed by atoms with E-state index in [1.54, 1.807) is 13.3 Å². The van der Waals surface area contributed by atoms with Gasteiger partial charge < -0.3 is 19.4 Å². The maximum Gasteiger partial charge on any atom is 0.324 e. The molecule has 12 nitrogen and oxygen atoms in total. The molecule has 0 unspecified atom stereocenters. The highest BCUT2D eigenvalue weighted by atomic mass is 32.1. The fourth-order valence-electron chi connectivity index (χ4n) is 7.47. The van der Waals surface area contributed by atoms with Crippen molar-refractivity contribution in [1.82, 2.24) is 30.3 Å². The lowest BCUT2D eigenvalue weighted by Gasteiger charge is -2.35. The first kappa shape index (κ1) is 35.7. The number of nitrogens with zero attached hydrogens (tertiary/aromatic N) is 5. The lowest BCUT2D eigenvalue weighted by Crippen LogP contribution is -2.60. The van der Waals surface area contributed by atoms with E-state index < -0.39 is 29.4 Å². The fourth-order valence-corrected chi connectivity index (χ4v) is 8.32. The lowest BCUT2D eigenvalue weighted by molar-refractivity contribution is -0.155. The quantitative estimate of drug-likeness (QED) is 0.251. The molecule has 2 aliphatic heterocycles. The van der Waals surface area contributed by atoms with Gasteiger partial charge in [0, 0.05) is 65.6 Å². The number of methoxy groups -OCH3 is 1. The summed E-state index contributed by atoms with van der Waals surface area (Å²) in [6.07, 6.45) is 3.93. The van der Waals surface area contributed by atoms with Crippen molar-refractivity contribution in [2.75, 3.05) is 20.3 Å². The van der Waals surface area contributed by atoms with Gasteiger partial charge in [0.05, 0.1) is 52.7 Å². The number of amides is 2. The summed E-state index contributed by atoms with van der Waals surface area (Å²) in [6.45, 7) is 9.61. The second kappa shape index (κ2) is 14.4. The molecule has 5 heterocycles. The third-order valence-corrected chi connectivity index (χ3v) is 11.3. The molecule has 5 atom stereocenters. The molecule has 0 radical (unpaired) electrons. The molecule has 1 saturated heterocycles. The molecule has 2 amide bonds. The first-order valence-electron chi connectivity index (χ1n) is 18.0. The minimum Gasteiger partial charge on any atom is -0.464 e. The molecule has 1 aliphatic carbocycles. The van der Waals surface area contributed by atoms with Crippen LogP contribution in [-0.4, -0.2) is 69.7 Å². The van der Waals surface area contributed by atoms with Gasteiger partial charge in [-0.2, -0.15) is 5.26 Å². The molecule has 3 aromatic heterocycles. The number of carbonyl (C=O) groups is 3. The SMILES string of the molecule is CCn1c(-c2cccnc2[C@H](C)OC)c2c3cc(ccc31)-c1csc(n1)C[C@H](NC(=O)[C@H]1C[C@@H]1C#N)C(=O)N1CCC[C@H](N1)C(=O)OCC(C)(C)C2. The molecule has 1 saturated carbocycles. The Morgan fingerprint density at radius 2 is 2.12 bits per heavy atom. The smallest absolute Gasteiger partial charge is 0.324 e. The van der Waals surface area contributed by atoms with Gasteiger partial charge in [0.15, 0.2) is 0 Å². The van der Waals surface area contributed by atoms with Crippen LogP contribution >= 0.6 is 11.3 Å². The van der Waals surface area contributed by atoms with Crippen molar-refractivity contribution in [2.24, 2.45) is 17.3 Å². The summed E-state index contributed by atoms with van der Waals surface area (Å²) in [5.41, 5.74) is 9.45. The number of cyclic esters (lactones) is 1. The van der Waals surface area contributed by atoms with E-state index in [2.05, 4.69) is 66.4 Å². The third kappa shape index (κ3) is 6.95. The van der Waals surface area contributed by atoms with Gasteiger partial charge in [0.25, 0.3) is 5.91 Å². The summed E-state index contributed by atoms with van der Waals surface area (Å²) < 4.78 is 14.1. The summed E-state index contributed by atoms with van der Waals surface area (Å²) in [5, 5.41) is 17.4. The molecule has 7 rings (SSSR count). The monoisotopic (exact) mass is 723 g/mol. The Kier molecular flexibility index (Phi) is 9.91. The Hall–Kier alpha value is -4.64. The third-order valence-electron chi connectivity index (χ3n) is 10.4. The summed E-state index contributed by atoms with van der Waals surface area (Å²) in [6, 6.07) is 11.0. The maximum atomic E-state index is 14.0. The molecule has 4 aromatic rings. The predicted octanol–water partition coefficient (Wildman–Crippen LogP) is 5.36. The van der Waals surface area contributed by atoms with Crippen LogP contribution in [0, 0.1) is 28.6 Å². The predicted molar refractivity (Wildman–Crippen MR) is 197 cm³/mol. The standard InChI is InChI=1S/C39H45N7O5S/c1-6-45-32-12-11-23-15-27(32)28(35(45)25-9-7-13-41-34(25)22(2)50-5)18-39(3,4)21-51-38(49)29-10-8-14-46(44-29)37(48)30(17-33-42-31(23)20-52-33)43-36(47)26-16-24(26)19-40/h7,9,11-13,15,20,22,24,26,29-30,44H,6,8,10,14,16-18,21H2,1-5H3,(H,43,47)/t22-,24+,26-,29-,30-/m0/s1. The van der Waals surface area contributed by atoms with Crippen LogP contribution in [0.25, 0.3) is 33.4 Å². The lowest BCUT2D eigenvalue weighted by atomic mass is 9.84. The molecule has 0 spiro atoms. The van der Waals surface area contributed by atoms with Crippen LogP contribution in [-0.2, 0) is 43.2 Å². The number of carbonyl (C=O) groups excluding carboxylic acids is 3. The van der Waals surface area contributed by atoms with E-state index in [0.717, 1.165) is 51.2 Å². The van der Waals surface area contributed by atoms with E-state index in [1.165, 1.54) is 16.3 Å². The highest BCUT2D eigenvalue weighted by molar-refractivity contribution is 7.10. The van der Waals surface area contributed by atoms with Crippen LogP contribution in [0.4, 0.5) is 0 Å². The number of aryl methyl sites for hydroxylation is 1. The first-order valence-corrected chi connectivity index (χ1v) is 18.9. The molecule has 3 aliphatic rings. The molecule has 2 N–H and O–H groups in total. The van der Waals surface area contributed by atoms with E-state index >= 15 is 0 Å². The maximum absolute atomic E-state index is 14.0. The normalized spacial score (nSPS) is 23.7. The number of nitrogens with one attached hydrogen (secondary N) is 2. The van der Waals surface area contributed by atoms with E-state index in [-0.39, 0.29) is 36.9 Å². The summed E-state index contributed by atoms with van der Waals surface area (Å²) in [7, 11) is 1.69. The van der Waals surface area contributed by atoms with E-state index in [4.69, 9.17) is 19.4 Å². The van der Waals surface area contributed by atoms with Crippen molar-refractivity contribution in [2.45, 2.75) is 84.5 Å². The number of nitriles is 1. The largest absolute Gasteiger partial charge is 0.464 e. The van der Waals surface area contributed by atoms with Gasteiger partial charge in [-0.1, -0.05) is 19.9 Å². The Bertz CT molecular complexity index is 2060. The van der Waals surface area contributed by atoms with E-state index in [0.29, 0.717) is 37.2 Å². The molecule has 2 fully saturated rings. The number of benzene rings is 1. The topological polar surface area (TPSA) is 151 Å². The zero-order valence-electron chi connectivity index (χ0n) is 30.3. The van der Waals surface area contributed by atoms with Crippen molar-refractivity contribution in [1.29, 1.82) is 5.26 Å². The second-order valence-corrected chi connectivity index (χ2v) is 15.8. The fraction of sp³-hybridized carbons (Fsp3) is 0.487. The van der Waals surface area contributed by atoms with Gasteiger partial charge in [0.2, 0.25) is 5.91 Å². The second-order valence-electron chi connectivity index (χ2n) is 14.8. The van der Waals surface area contributed by atoms with Crippen LogP contribution in [0.3, 0.4) is 0 Å². The summed E-state index contributed by atoms with van der Waals surface area (Å²) in [4.78, 5) is 50.5. The van der Waals surface area contributed by atoms with Gasteiger partial charge in [0.1, 0.15) is 12.1 Å². The van der Waals surface area contributed by atoms with Gasteiger partial charge in [-0.15, -0.1) is 11.3 Å². The minimum atomic E-state index is -0.926. The van der Waals surface area contributed by atoms with Crippen molar-refractivity contribution < 1.29 is 23.9 Å². The zero-order valence-corrected chi connectivity index (χ0v) is 31.1. The highest BCUT2D eigenvalue weighted by Crippen LogP contribution is 2.42. The number of hydrazine groups is 1. The molecular formula is C39H45N7O5S. The average molecular weight is 724 g/mol. The average Bonchev–Trinajstić information content (AvgIpc) is 3.71. The number of hydrogen-bond acceptors (Lipinski definition) is 10. The van der Waals surface area contributed by atoms with Crippen LogP contribution < -0.4 is 10.7 Å². The highest BCUT2D eigenvalue weighted by Gasteiger charge is 2.45. The number of esters is 1. The van der Waals surface area contributed by atoms with Crippen molar-refractivity contribution in [3.05, 3.63) is 58.2 Å². The molecular weight excluding hydrogens is 679 g/mol. The number of ether oxygens (including phenoxy) is 2. The van der Waals surface area contributed by atoms with Gasteiger partial charge in [-0.05, 0) is 69.4 Å². The summed E-state index contributed by atoms with van der Waals surface area (Å²) in [5.74, 6) is -1.86. The van der Waals surface area contributed by atoms with Crippen LogP contribution in [0.1, 0.15) is 69.3 Å². The number of rotatable bonds is 6. The van der Waals surface area contributed by atoms with Crippen LogP contribution in [0.15, 0.2) is 41.9 Å². The number of thiazole rings is 1. The van der Waals surface area contributed by atoms with E-state index in [9.17, 15) is 19.6 Å². The summed E-state index contributed by atoms with van der Waals surface area (Å²) >= 11 is 1.44.